The normalized spacial score (nSPS) is 10.8. The van der Waals surface area contributed by atoms with E-state index >= 15 is 0 Å². The van der Waals surface area contributed by atoms with Crippen LogP contribution in [0.3, 0.4) is 0 Å². The van der Waals surface area contributed by atoms with Gasteiger partial charge in [0, 0.05) is 12.1 Å². The van der Waals surface area contributed by atoms with E-state index in [1.807, 2.05) is 31.2 Å². The molecule has 27 heavy (non-hydrogen) atoms. The molecule has 5 heteroatoms. The van der Waals surface area contributed by atoms with Crippen LogP contribution in [0.2, 0.25) is 0 Å². The summed E-state index contributed by atoms with van der Waals surface area (Å²) in [6.07, 6.45) is 2.42. The fourth-order valence-corrected chi connectivity index (χ4v) is 3.11. The van der Waals surface area contributed by atoms with Gasteiger partial charge >= 0.3 is 0 Å². The third-order valence-corrected chi connectivity index (χ3v) is 4.54. The molecule has 0 radical (unpaired) electrons. The first kappa shape index (κ1) is 18.9. The molecule has 1 amide bonds. The second-order valence-corrected chi connectivity index (χ2v) is 6.76. The fraction of sp³-hybridized carbons (Fsp3) is 0.273. The summed E-state index contributed by atoms with van der Waals surface area (Å²) in [6, 6.07) is 16.0. The third kappa shape index (κ3) is 4.83. The molecule has 1 heterocycles. The van der Waals surface area contributed by atoms with Crippen molar-refractivity contribution in [3.63, 3.8) is 0 Å². The molecule has 0 aliphatic heterocycles. The molecular weight excluding hydrogens is 338 g/mol. The highest BCUT2D eigenvalue weighted by atomic mass is 16.3. The Kier molecular flexibility index (Phi) is 6.04. The summed E-state index contributed by atoms with van der Waals surface area (Å²) in [4.78, 5) is 22.2. The average molecular weight is 363 g/mol. The monoisotopic (exact) mass is 363 g/mol. The number of imidazole rings is 1. The lowest BCUT2D eigenvalue weighted by molar-refractivity contribution is 0.0704. The summed E-state index contributed by atoms with van der Waals surface area (Å²) in [7, 11) is 0. The van der Waals surface area contributed by atoms with Gasteiger partial charge in [-0.2, -0.15) is 0 Å². The van der Waals surface area contributed by atoms with Gasteiger partial charge in [-0.05, 0) is 37.5 Å². The number of aryl methyl sites for hydroxylation is 2. The third-order valence-electron chi connectivity index (χ3n) is 4.54. The number of aromatic nitrogens is 2. The Balaban J connectivity index is 1.84. The zero-order valence-corrected chi connectivity index (χ0v) is 15.8. The molecular formula is C22H25N3O2. The van der Waals surface area contributed by atoms with Crippen LogP contribution in [-0.4, -0.2) is 39.0 Å². The lowest BCUT2D eigenvalue weighted by Gasteiger charge is -2.22. The fourth-order valence-electron chi connectivity index (χ4n) is 3.11. The molecule has 3 aromatic rings. The molecule has 0 fully saturated rings. The molecule has 1 aromatic heterocycles. The SMILES string of the molecule is Cc1ccc(Cc2ccccc2C(=O)N(CCO)Cc2cnc(C)[nH]2)cc1. The van der Waals surface area contributed by atoms with Crippen LogP contribution in [-0.2, 0) is 13.0 Å². The maximum Gasteiger partial charge on any atom is 0.254 e. The predicted molar refractivity (Wildman–Crippen MR) is 106 cm³/mol. The van der Waals surface area contributed by atoms with Crippen molar-refractivity contribution in [3.05, 3.63) is 88.5 Å². The molecule has 0 unspecified atom stereocenters. The van der Waals surface area contributed by atoms with Gasteiger partial charge in [0.1, 0.15) is 5.82 Å². The Morgan fingerprint density at radius 3 is 2.52 bits per heavy atom. The molecule has 2 aromatic carbocycles. The topological polar surface area (TPSA) is 69.2 Å². The summed E-state index contributed by atoms with van der Waals surface area (Å²) in [5, 5.41) is 9.43. The molecule has 0 spiro atoms. The van der Waals surface area contributed by atoms with Gasteiger partial charge in [-0.1, -0.05) is 48.0 Å². The largest absolute Gasteiger partial charge is 0.395 e. The van der Waals surface area contributed by atoms with E-state index in [4.69, 9.17) is 0 Å². The van der Waals surface area contributed by atoms with Gasteiger partial charge in [-0.15, -0.1) is 0 Å². The van der Waals surface area contributed by atoms with E-state index < -0.39 is 0 Å². The molecule has 0 atom stereocenters. The number of aromatic amines is 1. The second kappa shape index (κ2) is 8.64. The number of rotatable bonds is 7. The van der Waals surface area contributed by atoms with E-state index in [0.717, 1.165) is 17.1 Å². The highest BCUT2D eigenvalue weighted by Gasteiger charge is 2.19. The first-order chi connectivity index (χ1) is 13.1. The molecule has 0 bridgehead atoms. The predicted octanol–water partition coefficient (Wildman–Crippen LogP) is 3.25. The van der Waals surface area contributed by atoms with Gasteiger partial charge in [0.15, 0.2) is 0 Å². The zero-order valence-electron chi connectivity index (χ0n) is 15.8. The molecule has 3 rings (SSSR count). The lowest BCUT2D eigenvalue weighted by atomic mass is 9.98. The Labute approximate surface area is 159 Å². The number of nitrogens with one attached hydrogen (secondary N) is 1. The van der Waals surface area contributed by atoms with Crippen LogP contribution in [0, 0.1) is 13.8 Å². The standard InChI is InChI=1S/C22H25N3O2/c1-16-7-9-18(10-8-16)13-19-5-3-4-6-21(19)22(27)25(11-12-26)15-20-14-23-17(2)24-20/h3-10,14,26H,11-13,15H2,1-2H3,(H,23,24). The van der Waals surface area contributed by atoms with Crippen molar-refractivity contribution in [2.45, 2.75) is 26.8 Å². The van der Waals surface area contributed by atoms with Crippen molar-refractivity contribution in [2.75, 3.05) is 13.2 Å². The van der Waals surface area contributed by atoms with Gasteiger partial charge in [0.25, 0.3) is 5.91 Å². The quantitative estimate of drug-likeness (QED) is 0.677. The molecule has 0 aliphatic rings. The number of amides is 1. The van der Waals surface area contributed by atoms with Gasteiger partial charge in [0.05, 0.1) is 25.0 Å². The van der Waals surface area contributed by atoms with Crippen LogP contribution >= 0.6 is 0 Å². The molecule has 0 saturated heterocycles. The van der Waals surface area contributed by atoms with E-state index in [1.165, 1.54) is 11.1 Å². The number of nitrogens with zero attached hydrogens (tertiary/aromatic N) is 2. The van der Waals surface area contributed by atoms with Crippen LogP contribution in [0.15, 0.2) is 54.7 Å². The van der Waals surface area contributed by atoms with Gasteiger partial charge in [0.2, 0.25) is 0 Å². The van der Waals surface area contributed by atoms with E-state index in [-0.39, 0.29) is 19.1 Å². The van der Waals surface area contributed by atoms with Crippen LogP contribution in [0.5, 0.6) is 0 Å². The molecule has 2 N–H and O–H groups in total. The maximum atomic E-state index is 13.2. The summed E-state index contributed by atoms with van der Waals surface area (Å²) >= 11 is 0. The molecule has 0 saturated carbocycles. The minimum atomic E-state index is -0.0843. The second-order valence-electron chi connectivity index (χ2n) is 6.76. The average Bonchev–Trinajstić information content (AvgIpc) is 3.08. The Morgan fingerprint density at radius 2 is 1.85 bits per heavy atom. The Hall–Kier alpha value is -2.92. The number of hydrogen-bond donors (Lipinski definition) is 2. The van der Waals surface area contributed by atoms with Crippen LogP contribution in [0.4, 0.5) is 0 Å². The number of hydrogen-bond acceptors (Lipinski definition) is 3. The van der Waals surface area contributed by atoms with Crippen molar-refractivity contribution in [1.29, 1.82) is 0 Å². The summed E-state index contributed by atoms with van der Waals surface area (Å²) < 4.78 is 0. The van der Waals surface area contributed by atoms with Crippen LogP contribution in [0.25, 0.3) is 0 Å². The summed E-state index contributed by atoms with van der Waals surface area (Å²) in [6.45, 7) is 4.51. The summed E-state index contributed by atoms with van der Waals surface area (Å²) in [5.41, 5.74) is 4.88. The minimum absolute atomic E-state index is 0.0842. The molecule has 5 nitrogen and oxygen atoms in total. The van der Waals surface area contributed by atoms with Crippen LogP contribution in [0.1, 0.15) is 38.6 Å². The van der Waals surface area contributed by atoms with E-state index in [1.54, 1.807) is 11.1 Å². The molecule has 0 aliphatic carbocycles. The molecule has 140 valence electrons. The number of carbonyl (C=O) groups excluding carboxylic acids is 1. The lowest BCUT2D eigenvalue weighted by Crippen LogP contribution is -2.33. The van der Waals surface area contributed by atoms with Gasteiger partial charge in [-0.25, -0.2) is 4.98 Å². The Bertz CT molecular complexity index is 900. The first-order valence-electron chi connectivity index (χ1n) is 9.11. The van der Waals surface area contributed by atoms with Crippen LogP contribution < -0.4 is 0 Å². The van der Waals surface area contributed by atoms with Crippen molar-refractivity contribution < 1.29 is 9.90 Å². The highest BCUT2D eigenvalue weighted by Crippen LogP contribution is 2.18. The van der Waals surface area contributed by atoms with E-state index in [2.05, 4.69) is 41.2 Å². The minimum Gasteiger partial charge on any atom is -0.395 e. The number of benzene rings is 2. The maximum absolute atomic E-state index is 13.2. The number of aliphatic hydroxyl groups excluding tert-OH is 1. The van der Waals surface area contributed by atoms with Gasteiger partial charge in [-0.3, -0.25) is 4.79 Å². The van der Waals surface area contributed by atoms with E-state index in [0.29, 0.717) is 18.5 Å². The van der Waals surface area contributed by atoms with Crippen molar-refractivity contribution in [2.24, 2.45) is 0 Å². The smallest absolute Gasteiger partial charge is 0.254 e. The van der Waals surface area contributed by atoms with Crippen molar-refractivity contribution in [3.8, 4) is 0 Å². The highest BCUT2D eigenvalue weighted by molar-refractivity contribution is 5.95. The number of carbonyl (C=O) groups is 1. The van der Waals surface area contributed by atoms with E-state index in [9.17, 15) is 9.90 Å². The number of H-pyrrole nitrogens is 1. The first-order valence-corrected chi connectivity index (χ1v) is 9.11. The van der Waals surface area contributed by atoms with Crippen molar-refractivity contribution >= 4 is 5.91 Å². The number of aliphatic hydroxyl groups is 1. The Morgan fingerprint density at radius 1 is 1.11 bits per heavy atom. The van der Waals surface area contributed by atoms with Crippen molar-refractivity contribution in [1.82, 2.24) is 14.9 Å². The van der Waals surface area contributed by atoms with Gasteiger partial charge < -0.3 is 15.0 Å². The zero-order chi connectivity index (χ0) is 19.2. The summed E-state index contributed by atoms with van der Waals surface area (Å²) in [5.74, 6) is 0.722.